The summed E-state index contributed by atoms with van der Waals surface area (Å²) in [5.41, 5.74) is -0.653. The van der Waals surface area contributed by atoms with Crippen molar-refractivity contribution >= 4 is 40.1 Å². The number of aromatic nitrogens is 2. The molecule has 2 heterocycles. The van der Waals surface area contributed by atoms with Gasteiger partial charge in [0.05, 0.1) is 5.00 Å². The van der Waals surface area contributed by atoms with Crippen molar-refractivity contribution in [1.82, 2.24) is 9.55 Å². The Kier molecular flexibility index (Phi) is 5.12. The van der Waals surface area contributed by atoms with Gasteiger partial charge in [-0.25, -0.2) is 14.6 Å². The number of hydrogen-bond donors (Lipinski definition) is 3. The molecule has 9 nitrogen and oxygen atoms in total. The number of imidazole rings is 1. The molecule has 0 aliphatic carbocycles. The molecular formula is C15H18N4O5S. The number of nitrogens with zero attached hydrogens (tertiary/aromatic N) is 2. The number of nitrogens with one attached hydrogen (secondary N) is 2. The lowest BCUT2D eigenvalue weighted by molar-refractivity contribution is 0.0633. The highest BCUT2D eigenvalue weighted by Gasteiger charge is 2.20. The summed E-state index contributed by atoms with van der Waals surface area (Å²) in [6.45, 7) is 5.20. The molecule has 25 heavy (non-hydrogen) atoms. The third kappa shape index (κ3) is 5.05. The zero-order chi connectivity index (χ0) is 18.8. The van der Waals surface area contributed by atoms with Crippen molar-refractivity contribution in [3.05, 3.63) is 29.0 Å². The Morgan fingerprint density at radius 3 is 2.48 bits per heavy atom. The Hall–Kier alpha value is -2.88. The maximum absolute atomic E-state index is 12.3. The summed E-state index contributed by atoms with van der Waals surface area (Å²) in [6, 6.07) is 2.89. The molecule has 2 rings (SSSR count). The van der Waals surface area contributed by atoms with E-state index in [1.807, 2.05) is 0 Å². The van der Waals surface area contributed by atoms with Gasteiger partial charge in [0.2, 0.25) is 5.82 Å². The van der Waals surface area contributed by atoms with Crippen LogP contribution in [0.4, 0.5) is 15.6 Å². The van der Waals surface area contributed by atoms with Crippen LogP contribution >= 0.6 is 11.3 Å². The summed E-state index contributed by atoms with van der Waals surface area (Å²) in [5.74, 6) is -1.37. The van der Waals surface area contributed by atoms with Gasteiger partial charge in [0, 0.05) is 13.2 Å². The van der Waals surface area contributed by atoms with Crippen molar-refractivity contribution in [2.75, 3.05) is 10.6 Å². The van der Waals surface area contributed by atoms with Gasteiger partial charge in [-0.05, 0) is 32.9 Å². The van der Waals surface area contributed by atoms with Gasteiger partial charge in [0.15, 0.2) is 5.82 Å². The van der Waals surface area contributed by atoms with E-state index in [-0.39, 0.29) is 16.5 Å². The number of ether oxygens (including phenoxy) is 1. The summed E-state index contributed by atoms with van der Waals surface area (Å²) >= 11 is 0.935. The van der Waals surface area contributed by atoms with E-state index in [1.165, 1.54) is 22.9 Å². The van der Waals surface area contributed by atoms with Crippen molar-refractivity contribution in [3.8, 4) is 0 Å². The Labute approximate surface area is 147 Å². The molecule has 134 valence electrons. The lowest BCUT2D eigenvalue weighted by Gasteiger charge is -2.18. The van der Waals surface area contributed by atoms with Gasteiger partial charge in [-0.3, -0.25) is 10.1 Å². The third-order valence-corrected chi connectivity index (χ3v) is 3.75. The molecule has 0 saturated heterocycles. The maximum atomic E-state index is 12.3. The molecule has 0 bridgehead atoms. The lowest BCUT2D eigenvalue weighted by Crippen LogP contribution is -2.27. The Morgan fingerprint density at radius 2 is 1.92 bits per heavy atom. The highest BCUT2D eigenvalue weighted by atomic mass is 32.1. The number of aromatic carboxylic acids is 1. The fraction of sp³-hybridized carbons (Fsp3) is 0.333. The zero-order valence-corrected chi connectivity index (χ0v) is 14.9. The lowest BCUT2D eigenvalue weighted by atomic mass is 10.2. The molecule has 0 aliphatic heterocycles. The number of thiophene rings is 1. The van der Waals surface area contributed by atoms with Crippen LogP contribution in [0.25, 0.3) is 0 Å². The summed E-state index contributed by atoms with van der Waals surface area (Å²) in [4.78, 5) is 39.0. The number of carboxylic acids is 1. The van der Waals surface area contributed by atoms with Crippen LogP contribution in [0.15, 0.2) is 18.3 Å². The smallest absolute Gasteiger partial charge is 0.413 e. The Balaban J connectivity index is 2.06. The number of aryl methyl sites for hydroxylation is 1. The number of hydrogen-bond acceptors (Lipinski definition) is 6. The van der Waals surface area contributed by atoms with E-state index in [2.05, 4.69) is 15.6 Å². The second-order valence-electron chi connectivity index (χ2n) is 6.11. The molecule has 0 atom stereocenters. The van der Waals surface area contributed by atoms with Crippen LogP contribution in [0.3, 0.4) is 0 Å². The first-order valence-electron chi connectivity index (χ1n) is 7.23. The average Bonchev–Trinajstić information content (AvgIpc) is 3.03. The zero-order valence-electron chi connectivity index (χ0n) is 14.1. The number of anilines is 2. The predicted molar refractivity (Wildman–Crippen MR) is 92.3 cm³/mol. The van der Waals surface area contributed by atoms with E-state index in [4.69, 9.17) is 9.84 Å². The Morgan fingerprint density at radius 1 is 1.24 bits per heavy atom. The average molecular weight is 366 g/mol. The van der Waals surface area contributed by atoms with Gasteiger partial charge >= 0.3 is 12.1 Å². The van der Waals surface area contributed by atoms with Gasteiger partial charge in [-0.2, -0.15) is 0 Å². The van der Waals surface area contributed by atoms with Crippen LogP contribution in [0, 0.1) is 0 Å². The van der Waals surface area contributed by atoms with E-state index >= 15 is 0 Å². The second kappa shape index (κ2) is 6.93. The van der Waals surface area contributed by atoms with Crippen LogP contribution in [-0.4, -0.2) is 38.2 Å². The van der Waals surface area contributed by atoms with Crippen molar-refractivity contribution in [1.29, 1.82) is 0 Å². The number of carbonyl (C=O) groups excluding carboxylic acids is 2. The van der Waals surface area contributed by atoms with E-state index < -0.39 is 23.6 Å². The maximum Gasteiger partial charge on any atom is 0.413 e. The molecule has 3 N–H and O–H groups in total. The minimum absolute atomic E-state index is 0.0522. The Bertz CT molecular complexity index is 818. The standard InChI is InChI=1S/C15H18N4O5S/c1-15(2,3)24-14(23)17-9-7-19(4)11(16-9)12(20)18-10-6-5-8(25-10)13(21)22/h5-7H,1-4H3,(H,17,23)(H,18,20)(H,21,22). The molecule has 2 aromatic heterocycles. The van der Waals surface area contributed by atoms with Crippen LogP contribution in [0.2, 0.25) is 0 Å². The number of carbonyl (C=O) groups is 3. The van der Waals surface area contributed by atoms with Crippen LogP contribution in [0.5, 0.6) is 0 Å². The normalized spacial score (nSPS) is 11.0. The molecule has 0 aliphatic rings. The topological polar surface area (TPSA) is 123 Å². The second-order valence-corrected chi connectivity index (χ2v) is 7.19. The van der Waals surface area contributed by atoms with Crippen molar-refractivity contribution in [3.63, 3.8) is 0 Å². The van der Waals surface area contributed by atoms with Crippen LogP contribution < -0.4 is 10.6 Å². The minimum Gasteiger partial charge on any atom is -0.477 e. The van der Waals surface area contributed by atoms with Crippen molar-refractivity contribution in [2.24, 2.45) is 7.05 Å². The number of amides is 2. The van der Waals surface area contributed by atoms with Crippen molar-refractivity contribution in [2.45, 2.75) is 26.4 Å². The number of carboxylic acid groups (broad SMARTS) is 1. The molecule has 0 spiro atoms. The fourth-order valence-electron chi connectivity index (χ4n) is 1.83. The van der Waals surface area contributed by atoms with Gasteiger partial charge in [-0.1, -0.05) is 0 Å². The molecule has 0 saturated carbocycles. The SMILES string of the molecule is Cn1cc(NC(=O)OC(C)(C)C)nc1C(=O)Nc1ccc(C(=O)O)s1. The summed E-state index contributed by atoms with van der Waals surface area (Å²) in [6.07, 6.45) is 0.789. The first kappa shape index (κ1) is 18.5. The molecular weight excluding hydrogens is 348 g/mol. The highest BCUT2D eigenvalue weighted by molar-refractivity contribution is 7.18. The van der Waals surface area contributed by atoms with Gasteiger partial charge in [-0.15, -0.1) is 11.3 Å². The van der Waals surface area contributed by atoms with Gasteiger partial charge < -0.3 is 19.7 Å². The first-order chi connectivity index (χ1) is 11.5. The van der Waals surface area contributed by atoms with Crippen LogP contribution in [-0.2, 0) is 11.8 Å². The summed E-state index contributed by atoms with van der Waals surface area (Å²) < 4.78 is 6.56. The van der Waals surface area contributed by atoms with Crippen LogP contribution in [0.1, 0.15) is 41.1 Å². The van der Waals surface area contributed by atoms with E-state index in [0.717, 1.165) is 11.3 Å². The molecule has 0 aromatic carbocycles. The third-order valence-electron chi connectivity index (χ3n) is 2.76. The van der Waals surface area contributed by atoms with E-state index in [9.17, 15) is 14.4 Å². The largest absolute Gasteiger partial charge is 0.477 e. The van der Waals surface area contributed by atoms with E-state index in [1.54, 1.807) is 27.8 Å². The van der Waals surface area contributed by atoms with Gasteiger partial charge in [0.1, 0.15) is 10.5 Å². The molecule has 2 amide bonds. The minimum atomic E-state index is -1.06. The quantitative estimate of drug-likeness (QED) is 0.765. The number of rotatable bonds is 4. The molecule has 0 radical (unpaired) electrons. The molecule has 2 aromatic rings. The fourth-order valence-corrected chi connectivity index (χ4v) is 2.57. The predicted octanol–water partition coefficient (Wildman–Crippen LogP) is 2.78. The van der Waals surface area contributed by atoms with E-state index in [0.29, 0.717) is 5.00 Å². The van der Waals surface area contributed by atoms with Gasteiger partial charge in [0.25, 0.3) is 5.91 Å². The highest BCUT2D eigenvalue weighted by Crippen LogP contribution is 2.22. The summed E-state index contributed by atoms with van der Waals surface area (Å²) in [5, 5.41) is 14.3. The summed E-state index contributed by atoms with van der Waals surface area (Å²) in [7, 11) is 1.60. The molecule has 10 heteroatoms. The first-order valence-corrected chi connectivity index (χ1v) is 8.04. The monoisotopic (exact) mass is 366 g/mol. The van der Waals surface area contributed by atoms with Crippen molar-refractivity contribution < 1.29 is 24.2 Å². The molecule has 0 unspecified atom stereocenters. The molecule has 0 fully saturated rings.